The van der Waals surface area contributed by atoms with E-state index in [0.29, 0.717) is 6.42 Å². The predicted molar refractivity (Wildman–Crippen MR) is 81.8 cm³/mol. The van der Waals surface area contributed by atoms with E-state index in [1.807, 2.05) is 27.7 Å². The summed E-state index contributed by atoms with van der Waals surface area (Å²) in [7, 11) is 0. The molecule has 118 valence electrons. The van der Waals surface area contributed by atoms with Crippen molar-refractivity contribution in [2.45, 2.75) is 52.1 Å². The zero-order chi connectivity index (χ0) is 16.0. The number of benzene rings is 1. The van der Waals surface area contributed by atoms with Gasteiger partial charge in [0.25, 0.3) is 5.91 Å². The highest BCUT2D eigenvalue weighted by molar-refractivity contribution is 5.78. The third kappa shape index (κ3) is 6.58. The Morgan fingerprint density at radius 1 is 1.43 bits per heavy atom. The van der Waals surface area contributed by atoms with Crippen LogP contribution in [-0.4, -0.2) is 24.1 Å². The summed E-state index contributed by atoms with van der Waals surface area (Å²) in [4.78, 5) is 11.6. The van der Waals surface area contributed by atoms with Gasteiger partial charge in [-0.25, -0.2) is 4.39 Å². The molecule has 0 aliphatic rings. The average molecular weight is 296 g/mol. The number of rotatable bonds is 6. The molecule has 21 heavy (non-hydrogen) atoms. The van der Waals surface area contributed by atoms with Gasteiger partial charge in [-0.05, 0) is 51.3 Å². The molecule has 1 aromatic rings. The fraction of sp³-hybridized carbons (Fsp3) is 0.562. The number of halogens is 1. The van der Waals surface area contributed by atoms with Crippen molar-refractivity contribution in [2.75, 3.05) is 6.61 Å². The van der Waals surface area contributed by atoms with Gasteiger partial charge in [0.15, 0.2) is 18.2 Å². The quantitative estimate of drug-likeness (QED) is 0.847. The fourth-order valence-corrected chi connectivity index (χ4v) is 1.83. The molecule has 0 aliphatic heterocycles. The third-order valence-electron chi connectivity index (χ3n) is 2.89. The Bertz CT molecular complexity index is 484. The van der Waals surface area contributed by atoms with Crippen LogP contribution in [0.15, 0.2) is 18.2 Å². The molecule has 1 unspecified atom stereocenters. The Kier molecular flexibility index (Phi) is 6.15. The first-order valence-corrected chi connectivity index (χ1v) is 7.19. The number of amides is 1. The molecule has 4 nitrogen and oxygen atoms in total. The van der Waals surface area contributed by atoms with Gasteiger partial charge in [0.1, 0.15) is 0 Å². The van der Waals surface area contributed by atoms with Gasteiger partial charge in [-0.15, -0.1) is 0 Å². The first kappa shape index (κ1) is 17.4. The molecule has 0 saturated carbocycles. The van der Waals surface area contributed by atoms with Crippen LogP contribution in [0.2, 0.25) is 0 Å². The van der Waals surface area contributed by atoms with Gasteiger partial charge in [0, 0.05) is 11.6 Å². The minimum absolute atomic E-state index is 0.0220. The van der Waals surface area contributed by atoms with E-state index in [4.69, 9.17) is 10.5 Å². The minimum atomic E-state index is -0.473. The van der Waals surface area contributed by atoms with Crippen LogP contribution in [0.5, 0.6) is 5.75 Å². The van der Waals surface area contributed by atoms with E-state index in [1.165, 1.54) is 12.1 Å². The molecule has 0 saturated heterocycles. The molecule has 1 atom stereocenters. The highest BCUT2D eigenvalue weighted by atomic mass is 19.1. The Morgan fingerprint density at radius 3 is 2.62 bits per heavy atom. The van der Waals surface area contributed by atoms with Gasteiger partial charge < -0.3 is 15.8 Å². The number of nitrogens with one attached hydrogen (secondary N) is 1. The number of nitrogens with two attached hydrogens (primary N) is 1. The Balaban J connectivity index is 2.59. The second-order valence-corrected chi connectivity index (χ2v) is 6.22. The van der Waals surface area contributed by atoms with Gasteiger partial charge >= 0.3 is 0 Å². The summed E-state index contributed by atoms with van der Waals surface area (Å²) in [5.74, 6) is -0.675. The SMILES string of the molecule is CCC(N)Cc1ccc(OCC(=O)NC(C)(C)C)c(F)c1. The molecule has 1 rings (SSSR count). The second kappa shape index (κ2) is 7.41. The zero-order valence-corrected chi connectivity index (χ0v) is 13.2. The van der Waals surface area contributed by atoms with Crippen LogP contribution in [0.3, 0.4) is 0 Å². The van der Waals surface area contributed by atoms with Crippen molar-refractivity contribution in [2.24, 2.45) is 5.73 Å². The average Bonchev–Trinajstić information content (AvgIpc) is 2.35. The zero-order valence-electron chi connectivity index (χ0n) is 13.2. The topological polar surface area (TPSA) is 64.3 Å². The number of ether oxygens (including phenoxy) is 1. The summed E-state index contributed by atoms with van der Waals surface area (Å²) in [5, 5.41) is 2.75. The molecule has 1 aromatic carbocycles. The maximum absolute atomic E-state index is 13.9. The molecule has 0 bridgehead atoms. The maximum atomic E-state index is 13.9. The molecular formula is C16H25FN2O2. The van der Waals surface area contributed by atoms with Gasteiger partial charge in [0.05, 0.1) is 0 Å². The highest BCUT2D eigenvalue weighted by Crippen LogP contribution is 2.19. The van der Waals surface area contributed by atoms with Crippen LogP contribution in [0.25, 0.3) is 0 Å². The van der Waals surface area contributed by atoms with Crippen molar-refractivity contribution in [3.8, 4) is 5.75 Å². The second-order valence-electron chi connectivity index (χ2n) is 6.22. The molecule has 0 spiro atoms. The molecule has 3 N–H and O–H groups in total. The minimum Gasteiger partial charge on any atom is -0.481 e. The van der Waals surface area contributed by atoms with Crippen LogP contribution >= 0.6 is 0 Å². The smallest absolute Gasteiger partial charge is 0.258 e. The number of hydrogen-bond donors (Lipinski definition) is 2. The lowest BCUT2D eigenvalue weighted by Crippen LogP contribution is -2.43. The van der Waals surface area contributed by atoms with Crippen LogP contribution in [0, 0.1) is 5.82 Å². The first-order valence-electron chi connectivity index (χ1n) is 7.19. The van der Waals surface area contributed by atoms with E-state index in [9.17, 15) is 9.18 Å². The molecule has 1 amide bonds. The number of hydrogen-bond acceptors (Lipinski definition) is 3. The van der Waals surface area contributed by atoms with Crippen molar-refractivity contribution in [3.63, 3.8) is 0 Å². The van der Waals surface area contributed by atoms with Crippen molar-refractivity contribution >= 4 is 5.91 Å². The largest absolute Gasteiger partial charge is 0.481 e. The van der Waals surface area contributed by atoms with E-state index in [0.717, 1.165) is 12.0 Å². The summed E-state index contributed by atoms with van der Waals surface area (Å²) in [6.07, 6.45) is 1.46. The molecule has 0 heterocycles. The van der Waals surface area contributed by atoms with E-state index >= 15 is 0 Å². The van der Waals surface area contributed by atoms with Gasteiger partial charge in [-0.1, -0.05) is 13.0 Å². The number of carbonyl (C=O) groups excluding carboxylic acids is 1. The number of carbonyl (C=O) groups is 1. The maximum Gasteiger partial charge on any atom is 0.258 e. The van der Waals surface area contributed by atoms with E-state index < -0.39 is 5.82 Å². The van der Waals surface area contributed by atoms with Crippen molar-refractivity contribution in [3.05, 3.63) is 29.6 Å². The Morgan fingerprint density at radius 2 is 2.10 bits per heavy atom. The Labute approximate surface area is 125 Å². The van der Waals surface area contributed by atoms with Gasteiger partial charge in [-0.3, -0.25) is 4.79 Å². The summed E-state index contributed by atoms with van der Waals surface area (Å²) >= 11 is 0. The molecule has 5 heteroatoms. The summed E-state index contributed by atoms with van der Waals surface area (Å²) in [5.41, 5.74) is 6.34. The van der Waals surface area contributed by atoms with Crippen molar-refractivity contribution < 1.29 is 13.9 Å². The lowest BCUT2D eigenvalue weighted by molar-refractivity contribution is -0.124. The van der Waals surface area contributed by atoms with Gasteiger partial charge in [-0.2, -0.15) is 0 Å². The fourth-order valence-electron chi connectivity index (χ4n) is 1.83. The van der Waals surface area contributed by atoms with Crippen LogP contribution in [0.4, 0.5) is 4.39 Å². The molecular weight excluding hydrogens is 271 g/mol. The van der Waals surface area contributed by atoms with E-state index in [2.05, 4.69) is 5.32 Å². The van der Waals surface area contributed by atoms with Gasteiger partial charge in [0.2, 0.25) is 0 Å². The van der Waals surface area contributed by atoms with E-state index in [1.54, 1.807) is 6.07 Å². The van der Waals surface area contributed by atoms with Crippen LogP contribution in [-0.2, 0) is 11.2 Å². The first-order chi connectivity index (χ1) is 9.71. The normalized spacial score (nSPS) is 12.9. The molecule has 0 fully saturated rings. The lowest BCUT2D eigenvalue weighted by Gasteiger charge is -2.20. The van der Waals surface area contributed by atoms with Crippen LogP contribution in [0.1, 0.15) is 39.7 Å². The van der Waals surface area contributed by atoms with Crippen molar-refractivity contribution in [1.82, 2.24) is 5.32 Å². The van der Waals surface area contributed by atoms with Crippen molar-refractivity contribution in [1.29, 1.82) is 0 Å². The molecule has 0 aliphatic carbocycles. The summed E-state index contributed by atoms with van der Waals surface area (Å²) < 4.78 is 19.1. The molecule has 0 radical (unpaired) electrons. The summed E-state index contributed by atoms with van der Waals surface area (Å²) in [6, 6.07) is 4.74. The summed E-state index contributed by atoms with van der Waals surface area (Å²) in [6.45, 7) is 7.40. The monoisotopic (exact) mass is 296 g/mol. The standard InChI is InChI=1S/C16H25FN2O2/c1-5-12(18)8-11-6-7-14(13(17)9-11)21-10-15(20)19-16(2,3)4/h6-7,9,12H,5,8,10,18H2,1-4H3,(H,19,20). The lowest BCUT2D eigenvalue weighted by atomic mass is 10.0. The Hall–Kier alpha value is -1.62. The predicted octanol–water partition coefficient (Wildman–Crippen LogP) is 2.40. The van der Waals surface area contributed by atoms with Crippen LogP contribution < -0.4 is 15.8 Å². The van der Waals surface area contributed by atoms with E-state index in [-0.39, 0.29) is 29.8 Å². The third-order valence-corrected chi connectivity index (χ3v) is 2.89. The molecule has 0 aromatic heterocycles. The highest BCUT2D eigenvalue weighted by Gasteiger charge is 2.15.